The summed E-state index contributed by atoms with van der Waals surface area (Å²) >= 11 is 2.72. The minimum absolute atomic E-state index is 0.0741. The van der Waals surface area contributed by atoms with Crippen LogP contribution in [0.4, 0.5) is 0 Å². The number of benzene rings is 1. The van der Waals surface area contributed by atoms with Gasteiger partial charge in [0.15, 0.2) is 5.78 Å². The van der Waals surface area contributed by atoms with Crippen molar-refractivity contribution in [2.75, 3.05) is 12.9 Å². The number of thiophene rings is 1. The molecule has 0 radical (unpaired) electrons. The molecule has 0 spiro atoms. The molecule has 3 rings (SSSR count). The molecule has 5 nitrogen and oxygen atoms in total. The van der Waals surface area contributed by atoms with Gasteiger partial charge in [0.05, 0.1) is 29.5 Å². The molecule has 0 unspecified atom stereocenters. The molecule has 1 aromatic heterocycles. The maximum atomic E-state index is 12.4. The minimum atomic E-state index is -0.243. The van der Waals surface area contributed by atoms with Gasteiger partial charge in [-0.1, -0.05) is 17.8 Å². The van der Waals surface area contributed by atoms with E-state index in [9.17, 15) is 14.9 Å². The number of Topliss-reactive ketones (excluding diaryl/α,β-unsaturated/α-hetero) is 1. The summed E-state index contributed by atoms with van der Waals surface area (Å²) < 4.78 is 5.09. The van der Waals surface area contributed by atoms with E-state index in [1.807, 2.05) is 17.5 Å². The summed E-state index contributed by atoms with van der Waals surface area (Å²) in [5, 5.41) is 14.7. The van der Waals surface area contributed by atoms with Crippen LogP contribution in [0.15, 0.2) is 52.4 Å². The molecule has 0 fully saturated rings. The highest BCUT2D eigenvalue weighted by Gasteiger charge is 2.30. The van der Waals surface area contributed by atoms with E-state index in [2.05, 4.69) is 11.4 Å². The Balaban J connectivity index is 1.76. The van der Waals surface area contributed by atoms with Crippen molar-refractivity contribution in [1.29, 1.82) is 5.26 Å². The highest BCUT2D eigenvalue weighted by atomic mass is 32.2. The van der Waals surface area contributed by atoms with Crippen LogP contribution >= 0.6 is 23.1 Å². The van der Waals surface area contributed by atoms with E-state index in [0.717, 1.165) is 4.88 Å². The van der Waals surface area contributed by atoms with Gasteiger partial charge in [-0.25, -0.2) is 0 Å². The van der Waals surface area contributed by atoms with Crippen molar-refractivity contribution in [3.05, 3.63) is 62.8 Å². The van der Waals surface area contributed by atoms with E-state index < -0.39 is 0 Å². The predicted molar refractivity (Wildman–Crippen MR) is 102 cm³/mol. The summed E-state index contributed by atoms with van der Waals surface area (Å²) in [4.78, 5) is 25.4. The van der Waals surface area contributed by atoms with Crippen LogP contribution in [0.3, 0.4) is 0 Å². The number of carbonyl (C=O) groups excluding carboxylic acids is 2. The number of ketones is 1. The topological polar surface area (TPSA) is 79.2 Å². The molecule has 1 aromatic carbocycles. The minimum Gasteiger partial charge on any atom is -0.497 e. The Morgan fingerprint density at radius 1 is 1.38 bits per heavy atom. The number of hydrogen-bond donors (Lipinski definition) is 1. The number of methoxy groups -OCH3 is 1. The van der Waals surface area contributed by atoms with Crippen LogP contribution in [0.1, 0.15) is 27.6 Å². The van der Waals surface area contributed by atoms with E-state index in [-0.39, 0.29) is 29.8 Å². The molecule has 132 valence electrons. The summed E-state index contributed by atoms with van der Waals surface area (Å²) in [5.74, 6) is 0.371. The molecule has 1 aliphatic heterocycles. The Bertz CT molecular complexity index is 881. The number of nitrogens with zero attached hydrogens (tertiary/aromatic N) is 1. The average molecular weight is 384 g/mol. The monoisotopic (exact) mass is 384 g/mol. The van der Waals surface area contributed by atoms with Gasteiger partial charge in [-0.05, 0) is 35.7 Å². The first-order valence-electron chi connectivity index (χ1n) is 7.90. The molecule has 0 bridgehead atoms. The lowest BCUT2D eigenvalue weighted by Gasteiger charge is -2.23. The Morgan fingerprint density at radius 3 is 2.77 bits per heavy atom. The molecular weight excluding hydrogens is 368 g/mol. The first-order chi connectivity index (χ1) is 12.6. The molecule has 26 heavy (non-hydrogen) atoms. The van der Waals surface area contributed by atoms with Gasteiger partial charge < -0.3 is 10.1 Å². The summed E-state index contributed by atoms with van der Waals surface area (Å²) in [6, 6.07) is 12.9. The number of thioether (sulfide) groups is 1. The standard InChI is InChI=1S/C19H16N2O3S2/c1-24-13-6-4-12(5-7-13)16(22)11-26-19-15(10-20)14(9-18(23)21-19)17-3-2-8-25-17/h2-8,14H,9,11H2,1H3,(H,21,23)/t14-/m0/s1. The Labute approximate surface area is 159 Å². The molecule has 0 saturated carbocycles. The molecular formula is C19H16N2O3S2. The summed E-state index contributed by atoms with van der Waals surface area (Å²) in [6.07, 6.45) is 0.250. The third-order valence-corrected chi connectivity index (χ3v) is 6.01. The van der Waals surface area contributed by atoms with E-state index >= 15 is 0 Å². The Kier molecular flexibility index (Phi) is 5.76. The maximum absolute atomic E-state index is 12.4. The SMILES string of the molecule is COc1ccc(C(=O)CSC2=C(C#N)[C@@H](c3cccs3)CC(=O)N2)cc1. The van der Waals surface area contributed by atoms with Crippen LogP contribution in [-0.4, -0.2) is 24.6 Å². The second kappa shape index (κ2) is 8.21. The first-order valence-corrected chi connectivity index (χ1v) is 9.76. The van der Waals surface area contributed by atoms with E-state index in [0.29, 0.717) is 21.9 Å². The lowest BCUT2D eigenvalue weighted by atomic mass is 9.93. The van der Waals surface area contributed by atoms with E-state index in [4.69, 9.17) is 4.74 Å². The number of nitrogens with one attached hydrogen (secondary N) is 1. The number of rotatable bonds is 6. The van der Waals surface area contributed by atoms with Crippen molar-refractivity contribution in [2.24, 2.45) is 0 Å². The summed E-state index contributed by atoms with van der Waals surface area (Å²) in [6.45, 7) is 0. The smallest absolute Gasteiger partial charge is 0.225 e. The number of hydrogen-bond acceptors (Lipinski definition) is 6. The van der Waals surface area contributed by atoms with Gasteiger partial charge in [0.25, 0.3) is 0 Å². The normalized spacial score (nSPS) is 16.8. The fraction of sp³-hybridized carbons (Fsp3) is 0.211. The second-order valence-electron chi connectivity index (χ2n) is 5.62. The van der Waals surface area contributed by atoms with Crippen molar-refractivity contribution in [3.8, 4) is 11.8 Å². The third kappa shape index (κ3) is 3.98. The zero-order valence-corrected chi connectivity index (χ0v) is 15.7. The quantitative estimate of drug-likeness (QED) is 0.768. The van der Waals surface area contributed by atoms with Crippen molar-refractivity contribution in [3.63, 3.8) is 0 Å². The van der Waals surface area contributed by atoms with Gasteiger partial charge in [0, 0.05) is 22.8 Å². The van der Waals surface area contributed by atoms with Crippen molar-refractivity contribution in [1.82, 2.24) is 5.32 Å². The third-order valence-electron chi connectivity index (χ3n) is 4.00. The fourth-order valence-electron chi connectivity index (χ4n) is 2.66. The number of allylic oxidation sites excluding steroid dienone is 1. The van der Waals surface area contributed by atoms with Gasteiger partial charge in [-0.3, -0.25) is 9.59 Å². The zero-order valence-electron chi connectivity index (χ0n) is 14.0. The van der Waals surface area contributed by atoms with Crippen LogP contribution in [0.25, 0.3) is 0 Å². The van der Waals surface area contributed by atoms with Crippen molar-refractivity contribution < 1.29 is 14.3 Å². The maximum Gasteiger partial charge on any atom is 0.225 e. The highest BCUT2D eigenvalue weighted by molar-refractivity contribution is 8.03. The average Bonchev–Trinajstić information content (AvgIpc) is 3.20. The summed E-state index contributed by atoms with van der Waals surface area (Å²) in [7, 11) is 1.57. The summed E-state index contributed by atoms with van der Waals surface area (Å²) in [5.41, 5.74) is 1.08. The lowest BCUT2D eigenvalue weighted by Crippen LogP contribution is -2.31. The molecule has 1 atom stereocenters. The van der Waals surface area contributed by atoms with Crippen LogP contribution in [-0.2, 0) is 4.79 Å². The van der Waals surface area contributed by atoms with Gasteiger partial charge in [0.1, 0.15) is 5.75 Å². The van der Waals surface area contributed by atoms with E-state index in [1.165, 1.54) is 23.1 Å². The first kappa shape index (κ1) is 18.2. The van der Waals surface area contributed by atoms with Crippen molar-refractivity contribution >= 4 is 34.8 Å². The second-order valence-corrected chi connectivity index (χ2v) is 7.58. The largest absolute Gasteiger partial charge is 0.497 e. The van der Waals surface area contributed by atoms with Gasteiger partial charge in [-0.2, -0.15) is 5.26 Å². The number of nitriles is 1. The van der Waals surface area contributed by atoms with Crippen LogP contribution in [0.5, 0.6) is 5.75 Å². The van der Waals surface area contributed by atoms with Crippen LogP contribution in [0, 0.1) is 11.3 Å². The number of amides is 1. The zero-order chi connectivity index (χ0) is 18.5. The van der Waals surface area contributed by atoms with Crippen LogP contribution in [0.2, 0.25) is 0 Å². The molecule has 1 N–H and O–H groups in total. The molecule has 7 heteroatoms. The van der Waals surface area contributed by atoms with Gasteiger partial charge >= 0.3 is 0 Å². The predicted octanol–water partition coefficient (Wildman–Crippen LogP) is 3.71. The lowest BCUT2D eigenvalue weighted by molar-refractivity contribution is -0.120. The molecule has 0 aliphatic carbocycles. The van der Waals surface area contributed by atoms with E-state index in [1.54, 1.807) is 31.4 Å². The number of ether oxygens (including phenoxy) is 1. The Hall–Kier alpha value is -2.56. The fourth-order valence-corrected chi connectivity index (χ4v) is 4.47. The molecule has 0 saturated heterocycles. The molecule has 1 aliphatic rings. The number of carbonyl (C=O) groups is 2. The van der Waals surface area contributed by atoms with Crippen molar-refractivity contribution in [2.45, 2.75) is 12.3 Å². The molecule has 2 heterocycles. The molecule has 1 amide bonds. The molecule has 2 aromatic rings. The Morgan fingerprint density at radius 2 is 2.15 bits per heavy atom. The highest BCUT2D eigenvalue weighted by Crippen LogP contribution is 2.37. The van der Waals surface area contributed by atoms with Crippen LogP contribution < -0.4 is 10.1 Å². The van der Waals surface area contributed by atoms with Gasteiger partial charge in [0.2, 0.25) is 5.91 Å². The van der Waals surface area contributed by atoms with Gasteiger partial charge in [-0.15, -0.1) is 11.3 Å².